The maximum absolute atomic E-state index is 12.2. The summed E-state index contributed by atoms with van der Waals surface area (Å²) in [6, 6.07) is 12.5. The Morgan fingerprint density at radius 2 is 1.81 bits per heavy atom. The van der Waals surface area contributed by atoms with Crippen LogP contribution in [0.15, 0.2) is 48.8 Å². The molecule has 1 aliphatic rings. The van der Waals surface area contributed by atoms with Gasteiger partial charge in [0.2, 0.25) is 5.91 Å². The highest BCUT2D eigenvalue weighted by Crippen LogP contribution is 2.21. The Kier molecular flexibility index (Phi) is 6.47. The van der Waals surface area contributed by atoms with Crippen LogP contribution in [0.4, 0.5) is 11.4 Å². The first-order chi connectivity index (χ1) is 12.7. The third-order valence-corrected chi connectivity index (χ3v) is 4.92. The maximum Gasteiger partial charge on any atom is 0.224 e. The Labute approximate surface area is 156 Å². The van der Waals surface area contributed by atoms with Crippen molar-refractivity contribution in [1.29, 1.82) is 0 Å². The number of carbonyl (C=O) groups is 1. The summed E-state index contributed by atoms with van der Waals surface area (Å²) in [5.41, 5.74) is 3.57. The summed E-state index contributed by atoms with van der Waals surface area (Å²) in [7, 11) is 1.87. The minimum absolute atomic E-state index is 0.167. The van der Waals surface area contributed by atoms with Gasteiger partial charge in [0, 0.05) is 63.4 Å². The molecule has 1 aliphatic heterocycles. The predicted molar refractivity (Wildman–Crippen MR) is 107 cm³/mol. The monoisotopic (exact) mass is 352 g/mol. The lowest BCUT2D eigenvalue weighted by molar-refractivity contribution is -0.129. The van der Waals surface area contributed by atoms with Gasteiger partial charge >= 0.3 is 0 Å². The zero-order valence-electron chi connectivity index (χ0n) is 15.5. The summed E-state index contributed by atoms with van der Waals surface area (Å²) in [6.07, 6.45) is 7.51. The van der Waals surface area contributed by atoms with Crippen LogP contribution in [0.5, 0.6) is 0 Å². The van der Waals surface area contributed by atoms with E-state index in [1.54, 1.807) is 17.3 Å². The molecule has 1 N–H and O–H groups in total. The summed E-state index contributed by atoms with van der Waals surface area (Å²) < 4.78 is 0. The van der Waals surface area contributed by atoms with E-state index in [9.17, 15) is 4.79 Å². The SMILES string of the molecule is CN(CCc1ccncc1)C(=O)CCNc1ccc(N2CCCC2)cc1. The fourth-order valence-electron chi connectivity index (χ4n) is 3.24. The van der Waals surface area contributed by atoms with E-state index in [1.807, 2.05) is 19.2 Å². The average Bonchev–Trinajstić information content (AvgIpc) is 3.22. The molecule has 0 unspecified atom stereocenters. The van der Waals surface area contributed by atoms with Gasteiger partial charge in [0.25, 0.3) is 0 Å². The van der Waals surface area contributed by atoms with Crippen LogP contribution in [0.1, 0.15) is 24.8 Å². The lowest BCUT2D eigenvalue weighted by Gasteiger charge is -2.19. The molecule has 1 saturated heterocycles. The zero-order chi connectivity index (χ0) is 18.2. The third-order valence-electron chi connectivity index (χ3n) is 4.92. The molecule has 1 amide bonds. The van der Waals surface area contributed by atoms with Gasteiger partial charge in [-0.05, 0) is 61.2 Å². The highest BCUT2D eigenvalue weighted by Gasteiger charge is 2.12. The van der Waals surface area contributed by atoms with Gasteiger partial charge in [-0.1, -0.05) is 0 Å². The van der Waals surface area contributed by atoms with E-state index in [0.29, 0.717) is 13.0 Å². The van der Waals surface area contributed by atoms with E-state index in [0.717, 1.165) is 31.7 Å². The first-order valence-electron chi connectivity index (χ1n) is 9.44. The van der Waals surface area contributed by atoms with Crippen molar-refractivity contribution in [3.05, 3.63) is 54.4 Å². The zero-order valence-corrected chi connectivity index (χ0v) is 15.5. The van der Waals surface area contributed by atoms with Gasteiger partial charge in [-0.25, -0.2) is 0 Å². The molecule has 0 aliphatic carbocycles. The number of rotatable bonds is 8. The molecule has 0 bridgehead atoms. The molecule has 138 valence electrons. The van der Waals surface area contributed by atoms with Crippen LogP contribution in [-0.2, 0) is 11.2 Å². The first kappa shape index (κ1) is 18.2. The van der Waals surface area contributed by atoms with Crippen LogP contribution < -0.4 is 10.2 Å². The highest BCUT2D eigenvalue weighted by atomic mass is 16.2. The number of pyridine rings is 1. The summed E-state index contributed by atoms with van der Waals surface area (Å²) >= 11 is 0. The van der Waals surface area contributed by atoms with Crippen LogP contribution in [0, 0.1) is 0 Å². The van der Waals surface area contributed by atoms with Crippen molar-refractivity contribution in [3.63, 3.8) is 0 Å². The summed E-state index contributed by atoms with van der Waals surface area (Å²) in [5, 5.41) is 3.35. The van der Waals surface area contributed by atoms with E-state index in [4.69, 9.17) is 0 Å². The molecule has 2 heterocycles. The number of anilines is 2. The summed E-state index contributed by atoms with van der Waals surface area (Å²) in [5.74, 6) is 0.167. The molecular formula is C21H28N4O. The largest absolute Gasteiger partial charge is 0.385 e. The second-order valence-electron chi connectivity index (χ2n) is 6.84. The lowest BCUT2D eigenvalue weighted by atomic mass is 10.2. The average molecular weight is 352 g/mol. The quantitative estimate of drug-likeness (QED) is 0.793. The van der Waals surface area contributed by atoms with Crippen LogP contribution in [0.2, 0.25) is 0 Å². The fraction of sp³-hybridized carbons (Fsp3) is 0.429. The van der Waals surface area contributed by atoms with Crippen molar-refractivity contribution in [2.45, 2.75) is 25.7 Å². The van der Waals surface area contributed by atoms with Gasteiger partial charge in [-0.2, -0.15) is 0 Å². The standard InChI is InChI=1S/C21H28N4O/c1-24(17-11-18-8-12-22-13-9-18)21(26)10-14-23-19-4-6-20(7-5-19)25-15-2-3-16-25/h4-9,12-13,23H,2-3,10-11,14-17H2,1H3. The number of amides is 1. The maximum atomic E-state index is 12.2. The number of aromatic nitrogens is 1. The fourth-order valence-corrected chi connectivity index (χ4v) is 3.24. The van der Waals surface area contributed by atoms with Crippen molar-refractivity contribution in [2.75, 3.05) is 43.4 Å². The van der Waals surface area contributed by atoms with E-state index in [2.05, 4.69) is 39.5 Å². The normalized spacial score (nSPS) is 13.7. The van der Waals surface area contributed by atoms with Gasteiger partial charge in [0.1, 0.15) is 0 Å². The van der Waals surface area contributed by atoms with Crippen LogP contribution in [0.25, 0.3) is 0 Å². The van der Waals surface area contributed by atoms with E-state index in [1.165, 1.54) is 24.1 Å². The molecule has 0 radical (unpaired) electrons. The predicted octanol–water partition coefficient (Wildman–Crippen LogP) is 3.18. The molecule has 2 aromatic rings. The minimum Gasteiger partial charge on any atom is -0.385 e. The number of hydrogen-bond donors (Lipinski definition) is 1. The van der Waals surface area contributed by atoms with Crippen LogP contribution >= 0.6 is 0 Å². The van der Waals surface area contributed by atoms with Crippen molar-refractivity contribution in [3.8, 4) is 0 Å². The van der Waals surface area contributed by atoms with Crippen molar-refractivity contribution in [1.82, 2.24) is 9.88 Å². The highest BCUT2D eigenvalue weighted by molar-refractivity contribution is 5.76. The number of hydrogen-bond acceptors (Lipinski definition) is 4. The van der Waals surface area contributed by atoms with E-state index >= 15 is 0 Å². The number of nitrogens with one attached hydrogen (secondary N) is 1. The molecule has 5 heteroatoms. The Bertz CT molecular complexity index is 681. The Hall–Kier alpha value is -2.56. The molecule has 5 nitrogen and oxygen atoms in total. The van der Waals surface area contributed by atoms with E-state index < -0.39 is 0 Å². The van der Waals surface area contributed by atoms with Gasteiger partial charge in [-0.3, -0.25) is 9.78 Å². The molecular weight excluding hydrogens is 324 g/mol. The molecule has 26 heavy (non-hydrogen) atoms. The number of likely N-dealkylation sites (N-methyl/N-ethyl adjacent to an activating group) is 1. The Morgan fingerprint density at radius 1 is 1.12 bits per heavy atom. The first-order valence-corrected chi connectivity index (χ1v) is 9.44. The number of carbonyl (C=O) groups excluding carboxylic acids is 1. The van der Waals surface area contributed by atoms with Crippen LogP contribution in [-0.4, -0.2) is 49.0 Å². The topological polar surface area (TPSA) is 48.5 Å². The molecule has 1 aromatic carbocycles. The number of nitrogens with zero attached hydrogens (tertiary/aromatic N) is 3. The van der Waals surface area contributed by atoms with E-state index in [-0.39, 0.29) is 5.91 Å². The molecule has 0 saturated carbocycles. The van der Waals surface area contributed by atoms with Gasteiger partial charge in [0.05, 0.1) is 0 Å². The van der Waals surface area contributed by atoms with Gasteiger partial charge in [0.15, 0.2) is 0 Å². The third kappa shape index (κ3) is 5.22. The summed E-state index contributed by atoms with van der Waals surface area (Å²) in [4.78, 5) is 20.5. The second-order valence-corrected chi connectivity index (χ2v) is 6.84. The van der Waals surface area contributed by atoms with Gasteiger partial charge < -0.3 is 15.1 Å². The Morgan fingerprint density at radius 3 is 2.50 bits per heavy atom. The molecule has 1 fully saturated rings. The smallest absolute Gasteiger partial charge is 0.224 e. The van der Waals surface area contributed by atoms with Crippen LogP contribution in [0.3, 0.4) is 0 Å². The van der Waals surface area contributed by atoms with Gasteiger partial charge in [-0.15, -0.1) is 0 Å². The summed E-state index contributed by atoms with van der Waals surface area (Å²) in [6.45, 7) is 3.70. The van der Waals surface area contributed by atoms with Crippen molar-refractivity contribution in [2.24, 2.45) is 0 Å². The van der Waals surface area contributed by atoms with Crippen molar-refractivity contribution >= 4 is 17.3 Å². The minimum atomic E-state index is 0.167. The second kappa shape index (κ2) is 9.22. The molecule has 3 rings (SSSR count). The molecule has 0 atom stereocenters. The lowest BCUT2D eigenvalue weighted by Crippen LogP contribution is -2.30. The molecule has 0 spiro atoms. The molecule has 1 aromatic heterocycles. The Balaban J connectivity index is 1.37. The van der Waals surface area contributed by atoms with Crippen molar-refractivity contribution < 1.29 is 4.79 Å². The number of benzene rings is 1.